The molecule has 0 saturated heterocycles. The molecule has 4 rings (SSSR count). The highest BCUT2D eigenvalue weighted by molar-refractivity contribution is 7.09. The van der Waals surface area contributed by atoms with Crippen molar-refractivity contribution in [2.24, 2.45) is 0 Å². The number of pyridine rings is 1. The van der Waals surface area contributed by atoms with Crippen LogP contribution in [0.25, 0.3) is 0 Å². The molecule has 0 aliphatic carbocycles. The van der Waals surface area contributed by atoms with Crippen molar-refractivity contribution in [2.75, 3.05) is 7.05 Å². The van der Waals surface area contributed by atoms with Gasteiger partial charge in [0.25, 0.3) is 5.91 Å². The fourth-order valence-electron chi connectivity index (χ4n) is 3.22. The topological polar surface area (TPSA) is 55.3 Å². The van der Waals surface area contributed by atoms with Crippen molar-refractivity contribution in [3.63, 3.8) is 0 Å². The molecule has 0 fully saturated rings. The molecule has 0 N–H and O–H groups in total. The van der Waals surface area contributed by atoms with E-state index in [2.05, 4.69) is 9.97 Å². The highest BCUT2D eigenvalue weighted by Crippen LogP contribution is 2.28. The molecule has 2 aromatic heterocycles. The van der Waals surface area contributed by atoms with E-state index in [1.807, 2.05) is 48.5 Å². The summed E-state index contributed by atoms with van der Waals surface area (Å²) in [5.74, 6) is 0.525. The van der Waals surface area contributed by atoms with Gasteiger partial charge in [-0.2, -0.15) is 0 Å². The lowest BCUT2D eigenvalue weighted by atomic mass is 10.0. The fourth-order valence-corrected chi connectivity index (χ4v) is 4.02. The molecule has 4 aromatic rings. The van der Waals surface area contributed by atoms with Gasteiger partial charge < -0.3 is 9.64 Å². The molecular formula is C24H20ClN3O2S. The number of nitrogens with zero attached hydrogens (tertiary/aromatic N) is 3. The molecule has 1 amide bonds. The average Bonchev–Trinajstić information content (AvgIpc) is 3.29. The molecule has 2 heterocycles. The Bertz CT molecular complexity index is 1090. The Balaban J connectivity index is 1.51. The number of rotatable bonds is 7. The Morgan fingerprint density at radius 2 is 1.81 bits per heavy atom. The van der Waals surface area contributed by atoms with E-state index in [1.54, 1.807) is 47.8 Å². The second-order valence-electron chi connectivity index (χ2n) is 6.85. The normalized spacial score (nSPS) is 11.7. The van der Waals surface area contributed by atoms with Crippen LogP contribution in [0.1, 0.15) is 32.8 Å². The SMILES string of the molecule is CN(C(=O)c1csc(COc2ccc(Cl)cc2)n1)C(c1ccccc1)c1ccccn1. The minimum Gasteiger partial charge on any atom is -0.486 e. The van der Waals surface area contributed by atoms with Crippen LogP contribution in [0.5, 0.6) is 5.75 Å². The Kier molecular flexibility index (Phi) is 6.60. The third-order valence-corrected chi connectivity index (χ3v) is 5.81. The number of carbonyl (C=O) groups excluding carboxylic acids is 1. The largest absolute Gasteiger partial charge is 0.486 e. The van der Waals surface area contributed by atoms with Crippen LogP contribution in [-0.2, 0) is 6.61 Å². The van der Waals surface area contributed by atoms with Crippen LogP contribution in [0.2, 0.25) is 5.02 Å². The monoisotopic (exact) mass is 449 g/mol. The van der Waals surface area contributed by atoms with Crippen LogP contribution in [0, 0.1) is 0 Å². The number of carbonyl (C=O) groups is 1. The molecule has 31 heavy (non-hydrogen) atoms. The number of hydrogen-bond acceptors (Lipinski definition) is 5. The number of amides is 1. The Morgan fingerprint density at radius 3 is 2.52 bits per heavy atom. The highest BCUT2D eigenvalue weighted by atomic mass is 35.5. The lowest BCUT2D eigenvalue weighted by Gasteiger charge is -2.27. The Hall–Kier alpha value is -3.22. The zero-order chi connectivity index (χ0) is 21.6. The fraction of sp³-hybridized carbons (Fsp3) is 0.125. The number of thiazole rings is 1. The molecule has 1 atom stereocenters. The highest BCUT2D eigenvalue weighted by Gasteiger charge is 2.26. The first kappa shape index (κ1) is 21.0. The predicted octanol–water partition coefficient (Wildman–Crippen LogP) is 5.63. The minimum absolute atomic E-state index is 0.173. The molecule has 7 heteroatoms. The minimum atomic E-state index is -0.314. The van der Waals surface area contributed by atoms with Gasteiger partial charge in [0, 0.05) is 23.6 Å². The second kappa shape index (κ2) is 9.73. The quantitative estimate of drug-likeness (QED) is 0.367. The van der Waals surface area contributed by atoms with Gasteiger partial charge in [-0.05, 0) is 42.0 Å². The Labute approximate surface area is 189 Å². The van der Waals surface area contributed by atoms with Gasteiger partial charge in [-0.3, -0.25) is 9.78 Å². The molecule has 0 radical (unpaired) electrons. The third kappa shape index (κ3) is 5.10. The molecule has 0 saturated carbocycles. The summed E-state index contributed by atoms with van der Waals surface area (Å²) in [7, 11) is 1.78. The van der Waals surface area contributed by atoms with E-state index >= 15 is 0 Å². The van der Waals surface area contributed by atoms with Gasteiger partial charge in [0.15, 0.2) is 0 Å². The number of benzene rings is 2. The first-order valence-corrected chi connectivity index (χ1v) is 10.9. The summed E-state index contributed by atoms with van der Waals surface area (Å²) in [5.41, 5.74) is 2.17. The summed E-state index contributed by atoms with van der Waals surface area (Å²) in [4.78, 5) is 23.9. The summed E-state index contributed by atoms with van der Waals surface area (Å²) in [6.45, 7) is 0.283. The standard InChI is InChI=1S/C24H20ClN3O2S/c1-28(23(17-7-3-2-4-8-17)20-9-5-6-14-26-20)24(29)21-16-31-22(27-21)15-30-19-12-10-18(25)11-13-19/h2-14,16,23H,15H2,1H3. The van der Waals surface area contributed by atoms with Crippen molar-refractivity contribution in [3.8, 4) is 5.75 Å². The maximum Gasteiger partial charge on any atom is 0.273 e. The third-order valence-electron chi connectivity index (χ3n) is 4.74. The van der Waals surface area contributed by atoms with Crippen LogP contribution in [0.4, 0.5) is 0 Å². The number of hydrogen-bond donors (Lipinski definition) is 0. The number of ether oxygens (including phenoxy) is 1. The van der Waals surface area contributed by atoms with Crippen LogP contribution in [0.3, 0.4) is 0 Å². The molecule has 1 unspecified atom stereocenters. The average molecular weight is 450 g/mol. The van der Waals surface area contributed by atoms with Crippen molar-refractivity contribution < 1.29 is 9.53 Å². The molecule has 5 nitrogen and oxygen atoms in total. The van der Waals surface area contributed by atoms with E-state index in [0.717, 1.165) is 16.3 Å². The summed E-state index contributed by atoms with van der Waals surface area (Å²) in [5, 5.41) is 3.14. The molecule has 0 aliphatic rings. The van der Waals surface area contributed by atoms with Gasteiger partial charge in [-0.1, -0.05) is 48.0 Å². The van der Waals surface area contributed by atoms with Gasteiger partial charge in [-0.25, -0.2) is 4.98 Å². The van der Waals surface area contributed by atoms with E-state index in [9.17, 15) is 4.79 Å². The molecule has 0 bridgehead atoms. The predicted molar refractivity (Wildman–Crippen MR) is 123 cm³/mol. The summed E-state index contributed by atoms with van der Waals surface area (Å²) in [6.07, 6.45) is 1.73. The van der Waals surface area contributed by atoms with Gasteiger partial charge in [0.05, 0.1) is 11.7 Å². The summed E-state index contributed by atoms with van der Waals surface area (Å²) < 4.78 is 5.74. The molecular weight excluding hydrogens is 430 g/mol. The zero-order valence-electron chi connectivity index (χ0n) is 16.8. The molecule has 0 aliphatic heterocycles. The smallest absolute Gasteiger partial charge is 0.273 e. The molecule has 2 aromatic carbocycles. The van der Waals surface area contributed by atoms with Crippen LogP contribution >= 0.6 is 22.9 Å². The van der Waals surface area contributed by atoms with E-state index in [0.29, 0.717) is 16.5 Å². The second-order valence-corrected chi connectivity index (χ2v) is 8.23. The van der Waals surface area contributed by atoms with Gasteiger partial charge in [0.2, 0.25) is 0 Å². The van der Waals surface area contributed by atoms with Gasteiger partial charge in [0.1, 0.15) is 23.1 Å². The lowest BCUT2D eigenvalue weighted by molar-refractivity contribution is 0.0747. The van der Waals surface area contributed by atoms with Crippen LogP contribution < -0.4 is 4.74 Å². The van der Waals surface area contributed by atoms with Crippen molar-refractivity contribution in [3.05, 3.63) is 111 Å². The first-order chi connectivity index (χ1) is 15.1. The van der Waals surface area contributed by atoms with Crippen molar-refractivity contribution in [1.29, 1.82) is 0 Å². The van der Waals surface area contributed by atoms with Crippen LogP contribution in [0.15, 0.2) is 84.4 Å². The number of halogens is 1. The van der Waals surface area contributed by atoms with E-state index in [4.69, 9.17) is 16.3 Å². The maximum atomic E-state index is 13.2. The van der Waals surface area contributed by atoms with Gasteiger partial charge >= 0.3 is 0 Å². The van der Waals surface area contributed by atoms with Crippen molar-refractivity contribution in [1.82, 2.24) is 14.9 Å². The number of aromatic nitrogens is 2. The first-order valence-electron chi connectivity index (χ1n) is 9.67. The van der Waals surface area contributed by atoms with Gasteiger partial charge in [-0.15, -0.1) is 11.3 Å². The lowest BCUT2D eigenvalue weighted by Crippen LogP contribution is -2.32. The molecule has 156 valence electrons. The summed E-state index contributed by atoms with van der Waals surface area (Å²) in [6, 6.07) is 22.4. The van der Waals surface area contributed by atoms with E-state index in [1.165, 1.54) is 11.3 Å². The van der Waals surface area contributed by atoms with E-state index in [-0.39, 0.29) is 18.6 Å². The van der Waals surface area contributed by atoms with Crippen LogP contribution in [-0.4, -0.2) is 27.8 Å². The van der Waals surface area contributed by atoms with Crippen molar-refractivity contribution in [2.45, 2.75) is 12.6 Å². The van der Waals surface area contributed by atoms with Crippen molar-refractivity contribution >= 4 is 28.8 Å². The summed E-state index contributed by atoms with van der Waals surface area (Å²) >= 11 is 7.29. The Morgan fingerprint density at radius 1 is 1.06 bits per heavy atom. The molecule has 0 spiro atoms. The maximum absolute atomic E-state index is 13.2. The zero-order valence-corrected chi connectivity index (χ0v) is 18.4. The van der Waals surface area contributed by atoms with E-state index < -0.39 is 0 Å².